The Morgan fingerprint density at radius 1 is 1.41 bits per heavy atom. The molecule has 4 nitrogen and oxygen atoms in total. The van der Waals surface area contributed by atoms with Crippen molar-refractivity contribution in [1.29, 1.82) is 0 Å². The summed E-state index contributed by atoms with van der Waals surface area (Å²) < 4.78 is 0. The van der Waals surface area contributed by atoms with Crippen molar-refractivity contribution >= 4 is 5.97 Å². The van der Waals surface area contributed by atoms with Crippen LogP contribution in [0, 0.1) is 0 Å². The molecule has 1 fully saturated rings. The largest absolute Gasteiger partial charge is 0.480 e. The fourth-order valence-corrected chi connectivity index (χ4v) is 2.67. The summed E-state index contributed by atoms with van der Waals surface area (Å²) >= 11 is 0. The summed E-state index contributed by atoms with van der Waals surface area (Å²) in [7, 11) is 0. The fraction of sp³-hybridized carbons (Fsp3) is 0.923. The topological polar surface area (TPSA) is 52.6 Å². The Labute approximate surface area is 104 Å². The number of carboxylic acids is 1. The Morgan fingerprint density at radius 2 is 2.00 bits per heavy atom. The molecule has 1 atom stereocenters. The van der Waals surface area contributed by atoms with Crippen LogP contribution in [0.15, 0.2) is 0 Å². The van der Waals surface area contributed by atoms with E-state index in [0.717, 1.165) is 38.9 Å². The highest BCUT2D eigenvalue weighted by Gasteiger charge is 2.41. The maximum absolute atomic E-state index is 11.6. The third kappa shape index (κ3) is 3.19. The van der Waals surface area contributed by atoms with E-state index in [9.17, 15) is 9.90 Å². The average molecular weight is 242 g/mol. The van der Waals surface area contributed by atoms with Crippen LogP contribution < -0.4 is 5.32 Å². The van der Waals surface area contributed by atoms with Crippen molar-refractivity contribution in [2.24, 2.45) is 0 Å². The average Bonchev–Trinajstić information content (AvgIpc) is 2.36. The van der Waals surface area contributed by atoms with Gasteiger partial charge in [0.05, 0.1) is 0 Å². The third-order valence-corrected chi connectivity index (χ3v) is 4.00. The van der Waals surface area contributed by atoms with Gasteiger partial charge in [0.25, 0.3) is 0 Å². The second-order valence-electron chi connectivity index (χ2n) is 5.11. The van der Waals surface area contributed by atoms with Crippen LogP contribution in [0.4, 0.5) is 0 Å². The van der Waals surface area contributed by atoms with Gasteiger partial charge in [-0.15, -0.1) is 0 Å². The molecule has 1 rings (SSSR count). The van der Waals surface area contributed by atoms with Crippen molar-refractivity contribution in [2.75, 3.05) is 19.6 Å². The minimum absolute atomic E-state index is 0.414. The monoisotopic (exact) mass is 242 g/mol. The highest BCUT2D eigenvalue weighted by Crippen LogP contribution is 2.26. The summed E-state index contributed by atoms with van der Waals surface area (Å²) in [5.41, 5.74) is -0.710. The van der Waals surface area contributed by atoms with E-state index >= 15 is 0 Å². The molecule has 2 N–H and O–H groups in total. The first-order valence-corrected chi connectivity index (χ1v) is 6.77. The number of piperidine rings is 1. The predicted octanol–water partition coefficient (Wildman–Crippen LogP) is 1.70. The van der Waals surface area contributed by atoms with Gasteiger partial charge in [-0.05, 0) is 52.2 Å². The standard InChI is InChI=1S/C13H26N2O2/c1-4-10-15(11-6-8-14-9-7-11)13(3,5-2)12(16)17/h11,14H,4-10H2,1-3H3,(H,16,17). The van der Waals surface area contributed by atoms with Gasteiger partial charge in [0.15, 0.2) is 0 Å². The number of rotatable bonds is 6. The first-order chi connectivity index (χ1) is 8.06. The third-order valence-electron chi connectivity index (χ3n) is 4.00. The van der Waals surface area contributed by atoms with E-state index in [-0.39, 0.29) is 0 Å². The maximum atomic E-state index is 11.6. The molecule has 0 saturated carbocycles. The molecule has 1 heterocycles. The molecule has 1 aliphatic rings. The van der Waals surface area contributed by atoms with Gasteiger partial charge in [0.1, 0.15) is 5.54 Å². The van der Waals surface area contributed by atoms with Crippen molar-refractivity contribution in [3.05, 3.63) is 0 Å². The molecule has 17 heavy (non-hydrogen) atoms. The Kier molecular flexibility index (Phi) is 5.40. The lowest BCUT2D eigenvalue weighted by atomic mass is 9.91. The molecule has 1 unspecified atom stereocenters. The number of carbonyl (C=O) groups is 1. The molecule has 1 saturated heterocycles. The summed E-state index contributed by atoms with van der Waals surface area (Å²) in [5, 5.41) is 12.8. The summed E-state index contributed by atoms with van der Waals surface area (Å²) in [6.45, 7) is 8.84. The second-order valence-corrected chi connectivity index (χ2v) is 5.11. The van der Waals surface area contributed by atoms with Crippen molar-refractivity contribution in [2.45, 2.75) is 58.0 Å². The highest BCUT2D eigenvalue weighted by atomic mass is 16.4. The minimum atomic E-state index is -0.710. The van der Waals surface area contributed by atoms with Crippen LogP contribution in [0.25, 0.3) is 0 Å². The van der Waals surface area contributed by atoms with Crippen LogP contribution in [0.1, 0.15) is 46.5 Å². The molecule has 0 aromatic heterocycles. The van der Waals surface area contributed by atoms with Gasteiger partial charge in [0, 0.05) is 6.04 Å². The van der Waals surface area contributed by atoms with E-state index in [2.05, 4.69) is 17.1 Å². The van der Waals surface area contributed by atoms with Crippen LogP contribution in [0.5, 0.6) is 0 Å². The van der Waals surface area contributed by atoms with E-state index in [1.165, 1.54) is 0 Å². The molecule has 0 bridgehead atoms. The number of carboxylic acid groups (broad SMARTS) is 1. The summed E-state index contributed by atoms with van der Waals surface area (Å²) in [6, 6.07) is 0.414. The maximum Gasteiger partial charge on any atom is 0.323 e. The highest BCUT2D eigenvalue weighted by molar-refractivity contribution is 5.78. The molecule has 0 radical (unpaired) electrons. The Morgan fingerprint density at radius 3 is 2.41 bits per heavy atom. The zero-order valence-corrected chi connectivity index (χ0v) is 11.3. The lowest BCUT2D eigenvalue weighted by molar-refractivity contribution is -0.153. The van der Waals surface area contributed by atoms with Gasteiger partial charge >= 0.3 is 5.97 Å². The zero-order chi connectivity index (χ0) is 12.9. The van der Waals surface area contributed by atoms with Gasteiger partial charge in [0.2, 0.25) is 0 Å². The Bertz CT molecular complexity index is 252. The van der Waals surface area contributed by atoms with E-state index in [1.807, 2.05) is 13.8 Å². The van der Waals surface area contributed by atoms with Crippen molar-refractivity contribution in [3.63, 3.8) is 0 Å². The Hall–Kier alpha value is -0.610. The minimum Gasteiger partial charge on any atom is -0.480 e. The Balaban J connectivity index is 2.84. The summed E-state index contributed by atoms with van der Waals surface area (Å²) in [5.74, 6) is -0.688. The molecule has 0 spiro atoms. The molecule has 1 aliphatic heterocycles. The lowest BCUT2D eigenvalue weighted by Crippen LogP contribution is -2.58. The number of nitrogens with one attached hydrogen (secondary N) is 1. The van der Waals surface area contributed by atoms with Gasteiger partial charge in [-0.25, -0.2) is 0 Å². The van der Waals surface area contributed by atoms with Crippen LogP contribution in [0.2, 0.25) is 0 Å². The van der Waals surface area contributed by atoms with Crippen molar-refractivity contribution in [1.82, 2.24) is 10.2 Å². The first kappa shape index (κ1) is 14.5. The van der Waals surface area contributed by atoms with Crippen LogP contribution in [0.3, 0.4) is 0 Å². The normalized spacial score (nSPS) is 21.4. The van der Waals surface area contributed by atoms with Crippen molar-refractivity contribution in [3.8, 4) is 0 Å². The number of nitrogens with zero attached hydrogens (tertiary/aromatic N) is 1. The molecule has 0 amide bonds. The smallest absolute Gasteiger partial charge is 0.323 e. The quantitative estimate of drug-likeness (QED) is 0.744. The van der Waals surface area contributed by atoms with Gasteiger partial charge in [-0.3, -0.25) is 9.69 Å². The van der Waals surface area contributed by atoms with Crippen LogP contribution in [-0.4, -0.2) is 47.2 Å². The second kappa shape index (κ2) is 6.36. The molecule has 4 heteroatoms. The van der Waals surface area contributed by atoms with E-state index in [4.69, 9.17) is 0 Å². The molecule has 0 aliphatic carbocycles. The lowest BCUT2D eigenvalue weighted by Gasteiger charge is -2.44. The van der Waals surface area contributed by atoms with E-state index in [0.29, 0.717) is 12.5 Å². The van der Waals surface area contributed by atoms with Crippen LogP contribution >= 0.6 is 0 Å². The summed E-state index contributed by atoms with van der Waals surface area (Å²) in [4.78, 5) is 13.8. The first-order valence-electron chi connectivity index (χ1n) is 6.77. The molecular weight excluding hydrogens is 216 g/mol. The molecule has 0 aromatic rings. The number of hydrogen-bond donors (Lipinski definition) is 2. The van der Waals surface area contributed by atoms with Crippen LogP contribution in [-0.2, 0) is 4.79 Å². The van der Waals surface area contributed by atoms with Gasteiger partial charge in [-0.2, -0.15) is 0 Å². The molecular formula is C13H26N2O2. The zero-order valence-electron chi connectivity index (χ0n) is 11.3. The SMILES string of the molecule is CCCN(C1CCNCC1)C(C)(CC)C(=O)O. The summed E-state index contributed by atoms with van der Waals surface area (Å²) in [6.07, 6.45) is 3.78. The van der Waals surface area contributed by atoms with Gasteiger partial charge in [-0.1, -0.05) is 13.8 Å². The van der Waals surface area contributed by atoms with E-state index < -0.39 is 11.5 Å². The number of aliphatic carboxylic acids is 1. The molecule has 100 valence electrons. The van der Waals surface area contributed by atoms with Crippen molar-refractivity contribution < 1.29 is 9.90 Å². The molecule has 0 aromatic carbocycles. The van der Waals surface area contributed by atoms with E-state index in [1.54, 1.807) is 0 Å². The number of hydrogen-bond acceptors (Lipinski definition) is 3. The van der Waals surface area contributed by atoms with Gasteiger partial charge < -0.3 is 10.4 Å². The predicted molar refractivity (Wildman–Crippen MR) is 69.2 cm³/mol. The fourth-order valence-electron chi connectivity index (χ4n) is 2.67.